The summed E-state index contributed by atoms with van der Waals surface area (Å²) in [7, 11) is 1.61. The zero-order valence-electron chi connectivity index (χ0n) is 23.9. The van der Waals surface area contributed by atoms with Gasteiger partial charge in [-0.1, -0.05) is 79.6 Å². The van der Waals surface area contributed by atoms with Gasteiger partial charge in [-0.25, -0.2) is 4.79 Å². The topological polar surface area (TPSA) is 74.3 Å². The molecule has 1 aliphatic heterocycles. The Morgan fingerprint density at radius 1 is 0.951 bits per heavy atom. The number of hydrogen-bond acceptors (Lipinski definition) is 6. The third kappa shape index (κ3) is 6.73. The van der Waals surface area contributed by atoms with Gasteiger partial charge in [0.25, 0.3) is 5.91 Å². The molecule has 5 rings (SSSR count). The van der Waals surface area contributed by atoms with Crippen LogP contribution < -0.4 is 9.47 Å². The Kier molecular flexibility index (Phi) is 9.57. The molecule has 1 fully saturated rings. The molecule has 7 heteroatoms. The van der Waals surface area contributed by atoms with Gasteiger partial charge in [0.2, 0.25) is 0 Å². The Morgan fingerprint density at radius 3 is 2.34 bits per heavy atom. The van der Waals surface area contributed by atoms with Crippen LogP contribution in [0.25, 0.3) is 0 Å². The molecule has 7 nitrogen and oxygen atoms in total. The Balaban J connectivity index is 1.45. The third-order valence-electron chi connectivity index (χ3n) is 7.93. The van der Waals surface area contributed by atoms with Crippen LogP contribution in [0.1, 0.15) is 61.0 Å². The molecule has 0 aromatic heterocycles. The maximum atomic E-state index is 14.3. The first-order valence-corrected chi connectivity index (χ1v) is 14.6. The maximum Gasteiger partial charge on any atom is 0.329 e. The highest BCUT2D eigenvalue weighted by Crippen LogP contribution is 2.40. The van der Waals surface area contributed by atoms with Crippen LogP contribution in [0, 0.1) is 0 Å². The number of nitrogens with zero attached hydrogens (tertiary/aromatic N) is 1. The molecule has 2 aliphatic rings. The fourth-order valence-electron chi connectivity index (χ4n) is 5.81. The van der Waals surface area contributed by atoms with E-state index in [4.69, 9.17) is 18.9 Å². The van der Waals surface area contributed by atoms with Crippen molar-refractivity contribution in [1.82, 2.24) is 4.90 Å². The van der Waals surface area contributed by atoms with E-state index in [0.717, 1.165) is 48.8 Å². The lowest BCUT2D eigenvalue weighted by Crippen LogP contribution is -2.51. The number of fused-ring (bicyclic) bond motifs is 1. The molecule has 3 aromatic carbocycles. The molecule has 0 N–H and O–H groups in total. The molecule has 1 saturated carbocycles. The highest BCUT2D eigenvalue weighted by Gasteiger charge is 2.41. The predicted molar refractivity (Wildman–Crippen MR) is 156 cm³/mol. The Bertz CT molecular complexity index is 1310. The highest BCUT2D eigenvalue weighted by molar-refractivity contribution is 5.89. The summed E-state index contributed by atoms with van der Waals surface area (Å²) in [6.07, 6.45) is 4.29. The number of ether oxygens (including phenoxy) is 4. The normalized spacial score (nSPS) is 17.5. The standard InChI is InChI=1S/C34H39NO6/c1-3-39-34(37)29-22-28-26(18-19-30(38-2)32(28)40-21-20-24-12-6-4-7-13-24)23-35(29)33(36)31(25-14-8-5-9-15-25)41-27-16-10-11-17-27/h4-9,12-15,18-19,27,29,31H,3,10-11,16-17,20-23H2,1-2H3/t29-,31-/m0/s1. The van der Waals surface area contributed by atoms with Crippen molar-refractivity contribution in [3.05, 3.63) is 95.1 Å². The zero-order valence-corrected chi connectivity index (χ0v) is 23.9. The number of benzene rings is 3. The summed E-state index contributed by atoms with van der Waals surface area (Å²) in [5.41, 5.74) is 3.75. The Morgan fingerprint density at radius 2 is 1.66 bits per heavy atom. The highest BCUT2D eigenvalue weighted by atomic mass is 16.5. The van der Waals surface area contributed by atoms with Crippen molar-refractivity contribution in [2.75, 3.05) is 20.3 Å². The quantitative estimate of drug-likeness (QED) is 0.276. The van der Waals surface area contributed by atoms with Crippen molar-refractivity contribution >= 4 is 11.9 Å². The van der Waals surface area contributed by atoms with E-state index >= 15 is 0 Å². The van der Waals surface area contributed by atoms with Crippen molar-refractivity contribution < 1.29 is 28.5 Å². The van der Waals surface area contributed by atoms with Crippen LogP contribution in [0.2, 0.25) is 0 Å². The molecular formula is C34H39NO6. The summed E-state index contributed by atoms with van der Waals surface area (Å²) in [4.78, 5) is 29.3. The molecule has 1 amide bonds. The summed E-state index contributed by atoms with van der Waals surface area (Å²) in [6.45, 7) is 2.70. The van der Waals surface area contributed by atoms with Gasteiger partial charge in [0.15, 0.2) is 17.6 Å². The van der Waals surface area contributed by atoms with E-state index in [1.807, 2.05) is 60.7 Å². The maximum absolute atomic E-state index is 14.3. The fourth-order valence-corrected chi connectivity index (χ4v) is 5.81. The summed E-state index contributed by atoms with van der Waals surface area (Å²) in [5.74, 6) is 0.557. The van der Waals surface area contributed by atoms with Crippen molar-refractivity contribution in [3.8, 4) is 11.5 Å². The van der Waals surface area contributed by atoms with Crippen molar-refractivity contribution in [1.29, 1.82) is 0 Å². The van der Waals surface area contributed by atoms with Crippen LogP contribution in [0.5, 0.6) is 11.5 Å². The molecule has 216 valence electrons. The van der Waals surface area contributed by atoms with Gasteiger partial charge in [0.1, 0.15) is 6.04 Å². The minimum atomic E-state index is -0.808. The number of esters is 1. The first-order chi connectivity index (χ1) is 20.1. The largest absolute Gasteiger partial charge is 0.493 e. The fraction of sp³-hybridized carbons (Fsp3) is 0.412. The summed E-state index contributed by atoms with van der Waals surface area (Å²) >= 11 is 0. The van der Waals surface area contributed by atoms with Crippen molar-refractivity contribution in [2.24, 2.45) is 0 Å². The van der Waals surface area contributed by atoms with Crippen LogP contribution in [-0.2, 0) is 38.4 Å². The van der Waals surface area contributed by atoms with Crippen molar-refractivity contribution in [3.63, 3.8) is 0 Å². The number of carbonyl (C=O) groups is 2. The summed E-state index contributed by atoms with van der Waals surface area (Å²) < 4.78 is 23.9. The lowest BCUT2D eigenvalue weighted by Gasteiger charge is -2.38. The third-order valence-corrected chi connectivity index (χ3v) is 7.93. The molecule has 1 heterocycles. The molecule has 2 atom stereocenters. The van der Waals surface area contributed by atoms with E-state index in [2.05, 4.69) is 12.1 Å². The van der Waals surface area contributed by atoms with Crippen LogP contribution in [0.15, 0.2) is 72.8 Å². The van der Waals surface area contributed by atoms with Gasteiger partial charge in [0, 0.05) is 24.9 Å². The Labute approximate surface area is 242 Å². The second-order valence-corrected chi connectivity index (χ2v) is 10.6. The molecule has 1 aliphatic carbocycles. The van der Waals surface area contributed by atoms with Crippen LogP contribution in [0.4, 0.5) is 0 Å². The predicted octanol–water partition coefficient (Wildman–Crippen LogP) is 5.83. The van der Waals surface area contributed by atoms with Crippen LogP contribution in [-0.4, -0.2) is 49.2 Å². The number of hydrogen-bond donors (Lipinski definition) is 0. The molecule has 0 radical (unpaired) electrons. The van der Waals surface area contributed by atoms with Gasteiger partial charge < -0.3 is 23.8 Å². The molecule has 0 bridgehead atoms. The zero-order chi connectivity index (χ0) is 28.6. The second-order valence-electron chi connectivity index (χ2n) is 10.6. The van der Waals surface area contributed by atoms with Crippen LogP contribution >= 0.6 is 0 Å². The number of methoxy groups -OCH3 is 1. The SMILES string of the molecule is CCOC(=O)[C@@H]1Cc2c(ccc(OC)c2OCCc2ccccc2)CN1C(=O)[C@@H](OC1CCCC1)c1ccccc1. The number of carbonyl (C=O) groups excluding carboxylic acids is 2. The van der Waals surface area contributed by atoms with Crippen molar-refractivity contribution in [2.45, 2.75) is 70.2 Å². The molecule has 0 saturated heterocycles. The molecule has 0 spiro atoms. The van der Waals surface area contributed by atoms with Gasteiger partial charge >= 0.3 is 5.97 Å². The van der Waals surface area contributed by atoms with Gasteiger partial charge in [0.05, 0.1) is 26.4 Å². The number of rotatable bonds is 11. The molecule has 0 unspecified atom stereocenters. The minimum absolute atomic E-state index is 0.0242. The number of amides is 1. The molecular weight excluding hydrogens is 518 g/mol. The smallest absolute Gasteiger partial charge is 0.329 e. The first-order valence-electron chi connectivity index (χ1n) is 14.6. The van der Waals surface area contributed by atoms with Gasteiger partial charge in [-0.05, 0) is 42.5 Å². The summed E-state index contributed by atoms with van der Waals surface area (Å²) in [5, 5.41) is 0. The lowest BCUT2D eigenvalue weighted by atomic mass is 9.91. The van der Waals surface area contributed by atoms with Gasteiger partial charge in [-0.2, -0.15) is 0 Å². The first kappa shape index (κ1) is 28.7. The monoisotopic (exact) mass is 557 g/mol. The lowest BCUT2D eigenvalue weighted by molar-refractivity contribution is -0.163. The second kappa shape index (κ2) is 13.7. The average molecular weight is 558 g/mol. The molecule has 41 heavy (non-hydrogen) atoms. The van der Waals surface area contributed by atoms with Gasteiger partial charge in [-0.3, -0.25) is 4.79 Å². The Hall–Kier alpha value is -3.84. The van der Waals surface area contributed by atoms with E-state index in [0.29, 0.717) is 18.1 Å². The van der Waals surface area contributed by atoms with E-state index in [1.165, 1.54) is 5.56 Å². The molecule has 3 aromatic rings. The van der Waals surface area contributed by atoms with E-state index < -0.39 is 18.1 Å². The van der Waals surface area contributed by atoms with E-state index in [-0.39, 0.29) is 31.6 Å². The van der Waals surface area contributed by atoms with Crippen LogP contribution in [0.3, 0.4) is 0 Å². The minimum Gasteiger partial charge on any atom is -0.493 e. The van der Waals surface area contributed by atoms with Gasteiger partial charge in [-0.15, -0.1) is 0 Å². The average Bonchev–Trinajstić information content (AvgIpc) is 3.53. The summed E-state index contributed by atoms with van der Waals surface area (Å²) in [6, 6.07) is 22.7. The van der Waals surface area contributed by atoms with E-state index in [9.17, 15) is 9.59 Å². The van der Waals surface area contributed by atoms with E-state index in [1.54, 1.807) is 18.9 Å².